The zero-order chi connectivity index (χ0) is 21.3. The Morgan fingerprint density at radius 1 is 1.10 bits per heavy atom. The van der Waals surface area contributed by atoms with Gasteiger partial charge in [0.05, 0.1) is 17.7 Å². The van der Waals surface area contributed by atoms with Crippen molar-refractivity contribution in [3.8, 4) is 0 Å². The lowest BCUT2D eigenvalue weighted by molar-refractivity contribution is 0.102. The molecule has 0 aliphatic rings. The van der Waals surface area contributed by atoms with Crippen molar-refractivity contribution in [2.75, 3.05) is 5.32 Å². The number of benzene rings is 2. The number of aromatic nitrogens is 3. The number of carbonyl (C=O) groups is 1. The van der Waals surface area contributed by atoms with Gasteiger partial charge in [-0.25, -0.2) is 9.18 Å². The highest BCUT2D eigenvalue weighted by atomic mass is 19.1. The zero-order valence-electron chi connectivity index (χ0n) is 16.0. The van der Waals surface area contributed by atoms with Crippen LogP contribution < -0.4 is 16.6 Å². The van der Waals surface area contributed by atoms with E-state index in [4.69, 9.17) is 0 Å². The summed E-state index contributed by atoms with van der Waals surface area (Å²) < 4.78 is 14.7. The largest absolute Gasteiger partial charge is 0.328 e. The van der Waals surface area contributed by atoms with E-state index in [0.29, 0.717) is 16.6 Å². The minimum atomic E-state index is -0.811. The molecule has 4 aromatic rings. The van der Waals surface area contributed by atoms with Gasteiger partial charge < -0.3 is 10.3 Å². The number of H-pyrrole nitrogens is 1. The molecule has 0 bridgehead atoms. The molecule has 150 valence electrons. The third-order valence-electron chi connectivity index (χ3n) is 4.71. The van der Waals surface area contributed by atoms with Crippen LogP contribution in [0.5, 0.6) is 0 Å². The second-order valence-electron chi connectivity index (χ2n) is 6.77. The van der Waals surface area contributed by atoms with Crippen LogP contribution in [0.25, 0.3) is 10.9 Å². The minimum Gasteiger partial charge on any atom is -0.321 e. The van der Waals surface area contributed by atoms with Gasteiger partial charge in [0.25, 0.3) is 11.5 Å². The van der Waals surface area contributed by atoms with E-state index in [1.165, 1.54) is 18.2 Å². The van der Waals surface area contributed by atoms with Crippen LogP contribution in [0.1, 0.15) is 21.6 Å². The van der Waals surface area contributed by atoms with Gasteiger partial charge in [0.1, 0.15) is 11.4 Å². The summed E-state index contributed by atoms with van der Waals surface area (Å²) in [5.41, 5.74) is 0.379. The molecule has 0 saturated carbocycles. The highest BCUT2D eigenvalue weighted by molar-refractivity contribution is 6.08. The van der Waals surface area contributed by atoms with Gasteiger partial charge in [-0.1, -0.05) is 24.3 Å². The minimum absolute atomic E-state index is 0.165. The van der Waals surface area contributed by atoms with Crippen LogP contribution in [-0.2, 0) is 6.54 Å². The number of pyridine rings is 1. The number of nitrogens with one attached hydrogen (secondary N) is 2. The van der Waals surface area contributed by atoms with Gasteiger partial charge in [0, 0.05) is 22.8 Å². The van der Waals surface area contributed by atoms with Gasteiger partial charge in [-0.15, -0.1) is 0 Å². The number of aryl methyl sites for hydroxylation is 1. The van der Waals surface area contributed by atoms with Gasteiger partial charge in [0.15, 0.2) is 0 Å². The number of hydrogen-bond acceptors (Lipinski definition) is 4. The average molecular weight is 404 g/mol. The molecule has 1 amide bonds. The second kappa shape index (κ2) is 7.75. The first-order valence-corrected chi connectivity index (χ1v) is 9.17. The summed E-state index contributed by atoms with van der Waals surface area (Å²) in [4.78, 5) is 44.5. The van der Waals surface area contributed by atoms with Gasteiger partial charge in [-0.2, -0.15) is 0 Å². The molecule has 8 heteroatoms. The van der Waals surface area contributed by atoms with E-state index in [9.17, 15) is 18.8 Å². The first-order valence-electron chi connectivity index (χ1n) is 9.17. The Morgan fingerprint density at radius 3 is 2.70 bits per heavy atom. The van der Waals surface area contributed by atoms with E-state index in [-0.39, 0.29) is 17.7 Å². The summed E-state index contributed by atoms with van der Waals surface area (Å²) in [6.45, 7) is 1.57. The average Bonchev–Trinajstić information content (AvgIpc) is 2.72. The number of rotatable bonds is 4. The third kappa shape index (κ3) is 3.62. The van der Waals surface area contributed by atoms with E-state index < -0.39 is 23.0 Å². The Balaban J connectivity index is 1.70. The molecule has 2 aromatic heterocycles. The van der Waals surface area contributed by atoms with Gasteiger partial charge >= 0.3 is 5.69 Å². The normalized spacial score (nSPS) is 10.9. The first-order chi connectivity index (χ1) is 14.4. The predicted molar refractivity (Wildman–Crippen MR) is 111 cm³/mol. The van der Waals surface area contributed by atoms with Crippen LogP contribution >= 0.6 is 0 Å². The van der Waals surface area contributed by atoms with E-state index in [1.807, 2.05) is 25.1 Å². The van der Waals surface area contributed by atoms with Crippen LogP contribution in [0, 0.1) is 12.7 Å². The summed E-state index contributed by atoms with van der Waals surface area (Å²) in [6.07, 6.45) is 1.06. The topological polar surface area (TPSA) is 96.9 Å². The smallest absolute Gasteiger partial charge is 0.321 e. The maximum atomic E-state index is 13.9. The molecular formula is C22H17FN4O3. The van der Waals surface area contributed by atoms with Crippen molar-refractivity contribution in [3.63, 3.8) is 0 Å². The third-order valence-corrected chi connectivity index (χ3v) is 4.71. The second-order valence-corrected chi connectivity index (χ2v) is 6.77. The van der Waals surface area contributed by atoms with E-state index in [0.717, 1.165) is 16.5 Å². The molecule has 30 heavy (non-hydrogen) atoms. The van der Waals surface area contributed by atoms with Crippen molar-refractivity contribution in [1.82, 2.24) is 14.5 Å². The summed E-state index contributed by atoms with van der Waals surface area (Å²) in [5.74, 6) is -1.23. The van der Waals surface area contributed by atoms with E-state index >= 15 is 0 Å². The van der Waals surface area contributed by atoms with Crippen LogP contribution in [0.15, 0.2) is 70.4 Å². The molecule has 2 aromatic carbocycles. The maximum absolute atomic E-state index is 13.9. The Bertz CT molecular complexity index is 1390. The number of halogens is 1. The fourth-order valence-corrected chi connectivity index (χ4v) is 3.17. The molecule has 0 saturated heterocycles. The molecule has 0 radical (unpaired) electrons. The number of fused-ring (bicyclic) bond motifs is 1. The molecular weight excluding hydrogens is 387 g/mol. The first kappa shape index (κ1) is 19.3. The van der Waals surface area contributed by atoms with Gasteiger partial charge in [-0.3, -0.25) is 19.1 Å². The van der Waals surface area contributed by atoms with Crippen molar-refractivity contribution in [3.05, 3.63) is 104 Å². The van der Waals surface area contributed by atoms with E-state index in [2.05, 4.69) is 15.3 Å². The van der Waals surface area contributed by atoms with Crippen molar-refractivity contribution >= 4 is 22.5 Å². The molecule has 2 N–H and O–H groups in total. The van der Waals surface area contributed by atoms with Crippen molar-refractivity contribution in [2.24, 2.45) is 0 Å². The van der Waals surface area contributed by atoms with Crippen LogP contribution in [0.2, 0.25) is 0 Å². The Labute approximate surface area is 169 Å². The van der Waals surface area contributed by atoms with Crippen molar-refractivity contribution in [2.45, 2.75) is 13.5 Å². The number of aromatic amines is 1. The number of amides is 1. The molecule has 2 heterocycles. The molecule has 7 nitrogen and oxygen atoms in total. The van der Waals surface area contributed by atoms with Crippen molar-refractivity contribution in [1.29, 1.82) is 0 Å². The van der Waals surface area contributed by atoms with Crippen LogP contribution in [0.3, 0.4) is 0 Å². The fourth-order valence-electron chi connectivity index (χ4n) is 3.17. The summed E-state index contributed by atoms with van der Waals surface area (Å²) in [7, 11) is 0. The lowest BCUT2D eigenvalue weighted by Gasteiger charge is -2.10. The Morgan fingerprint density at radius 2 is 1.90 bits per heavy atom. The van der Waals surface area contributed by atoms with Crippen LogP contribution in [0.4, 0.5) is 10.1 Å². The monoisotopic (exact) mass is 404 g/mol. The molecule has 0 unspecified atom stereocenters. The summed E-state index contributed by atoms with van der Waals surface area (Å²) >= 11 is 0. The summed E-state index contributed by atoms with van der Waals surface area (Å²) in [5, 5.41) is 3.41. The number of hydrogen-bond donors (Lipinski definition) is 2. The quantitative estimate of drug-likeness (QED) is 0.547. The Hall–Kier alpha value is -4.07. The van der Waals surface area contributed by atoms with Gasteiger partial charge in [0.2, 0.25) is 0 Å². The predicted octanol–water partition coefficient (Wildman–Crippen LogP) is 2.83. The number of nitrogens with zero attached hydrogens (tertiary/aromatic N) is 2. The Kier molecular flexibility index (Phi) is 4.97. The van der Waals surface area contributed by atoms with E-state index in [1.54, 1.807) is 18.2 Å². The summed E-state index contributed by atoms with van der Waals surface area (Å²) in [6, 6.07) is 14.7. The number of carbonyl (C=O) groups excluding carboxylic acids is 1. The lowest BCUT2D eigenvalue weighted by atomic mass is 10.1. The SMILES string of the molecule is Cc1ccc2c(NC(=O)c3c[nH]c(=O)n(Cc4ccccc4F)c3=O)cccc2n1. The highest BCUT2D eigenvalue weighted by Crippen LogP contribution is 2.22. The molecule has 0 aliphatic carbocycles. The molecule has 0 atom stereocenters. The lowest BCUT2D eigenvalue weighted by Crippen LogP contribution is -2.39. The fraction of sp³-hybridized carbons (Fsp3) is 0.0909. The highest BCUT2D eigenvalue weighted by Gasteiger charge is 2.17. The van der Waals surface area contributed by atoms with Crippen LogP contribution in [-0.4, -0.2) is 20.4 Å². The standard InChI is InChI=1S/C22H17FN4O3/c1-13-9-10-15-18(25-13)7-4-8-19(15)26-20(28)16-11-24-22(30)27(21(16)29)12-14-5-2-3-6-17(14)23/h2-11H,12H2,1H3,(H,24,30)(H,26,28). The molecule has 0 spiro atoms. The van der Waals surface area contributed by atoms with Gasteiger partial charge in [-0.05, 0) is 37.3 Å². The number of anilines is 1. The molecule has 0 aliphatic heterocycles. The maximum Gasteiger partial charge on any atom is 0.328 e. The molecule has 4 rings (SSSR count). The zero-order valence-corrected chi connectivity index (χ0v) is 16.0. The molecule has 0 fully saturated rings. The van der Waals surface area contributed by atoms with Crippen molar-refractivity contribution < 1.29 is 9.18 Å².